The van der Waals surface area contributed by atoms with Gasteiger partial charge in [0.2, 0.25) is 10.0 Å². The minimum atomic E-state index is -3.82. The Morgan fingerprint density at radius 1 is 0.923 bits per heavy atom. The topological polar surface area (TPSA) is 88.8 Å². The van der Waals surface area contributed by atoms with Crippen LogP contribution < -0.4 is 5.14 Å². The molecule has 0 aliphatic heterocycles. The summed E-state index contributed by atoms with van der Waals surface area (Å²) in [6.07, 6.45) is 0. The molecule has 0 radical (unpaired) electrons. The quantitative estimate of drug-likeness (QED) is 0.555. The number of imidazole rings is 1. The lowest BCUT2D eigenvalue weighted by Gasteiger charge is -2.07. The van der Waals surface area contributed by atoms with Gasteiger partial charge in [0.05, 0.1) is 15.9 Å². The van der Waals surface area contributed by atoms with Gasteiger partial charge in [0.1, 0.15) is 5.82 Å². The number of hydrogen-bond donors (Lipinski definition) is 2. The SMILES string of the molecule is NS(=O)(=O)c1ccccc1-c1ccc2[nH]c(-c3cccc(Cl)c3)nc2c1. The summed E-state index contributed by atoms with van der Waals surface area (Å²) >= 11 is 6.05. The first-order valence-electron chi connectivity index (χ1n) is 7.80. The van der Waals surface area contributed by atoms with Gasteiger partial charge in [-0.15, -0.1) is 0 Å². The van der Waals surface area contributed by atoms with E-state index in [1.54, 1.807) is 24.3 Å². The maximum atomic E-state index is 11.9. The predicted octanol–water partition coefficient (Wildman–Crippen LogP) is 4.20. The van der Waals surface area contributed by atoms with Gasteiger partial charge in [0, 0.05) is 16.1 Å². The molecule has 0 spiro atoms. The molecule has 0 saturated carbocycles. The fourth-order valence-electron chi connectivity index (χ4n) is 2.90. The molecule has 0 atom stereocenters. The Morgan fingerprint density at radius 3 is 2.50 bits per heavy atom. The number of aromatic amines is 1. The molecule has 0 fully saturated rings. The van der Waals surface area contributed by atoms with Crippen molar-refractivity contribution in [2.45, 2.75) is 4.90 Å². The number of nitrogens with one attached hydrogen (secondary N) is 1. The van der Waals surface area contributed by atoms with Crippen LogP contribution in [-0.4, -0.2) is 18.4 Å². The number of hydrogen-bond acceptors (Lipinski definition) is 3. The Kier molecular flexibility index (Phi) is 4.03. The first kappa shape index (κ1) is 16.8. The van der Waals surface area contributed by atoms with Gasteiger partial charge >= 0.3 is 0 Å². The maximum absolute atomic E-state index is 11.9. The number of nitrogens with zero attached hydrogens (tertiary/aromatic N) is 1. The Labute approximate surface area is 155 Å². The summed E-state index contributed by atoms with van der Waals surface area (Å²) in [4.78, 5) is 7.95. The number of aromatic nitrogens is 2. The van der Waals surface area contributed by atoms with Crippen LogP contribution in [0.2, 0.25) is 5.02 Å². The van der Waals surface area contributed by atoms with E-state index in [4.69, 9.17) is 16.7 Å². The Hall–Kier alpha value is -2.67. The van der Waals surface area contributed by atoms with E-state index < -0.39 is 10.0 Å². The Bertz CT molecular complexity index is 1230. The van der Waals surface area contributed by atoms with Crippen LogP contribution in [0.5, 0.6) is 0 Å². The molecule has 0 aliphatic carbocycles. The summed E-state index contributed by atoms with van der Waals surface area (Å²) in [6, 6.07) is 19.6. The lowest BCUT2D eigenvalue weighted by molar-refractivity contribution is 0.598. The Morgan fingerprint density at radius 2 is 1.73 bits per heavy atom. The molecule has 1 heterocycles. The van der Waals surface area contributed by atoms with Crippen LogP contribution in [0.25, 0.3) is 33.5 Å². The van der Waals surface area contributed by atoms with Crippen LogP contribution in [0, 0.1) is 0 Å². The van der Waals surface area contributed by atoms with Crippen LogP contribution in [0.4, 0.5) is 0 Å². The largest absolute Gasteiger partial charge is 0.338 e. The zero-order valence-electron chi connectivity index (χ0n) is 13.5. The van der Waals surface area contributed by atoms with E-state index in [0.29, 0.717) is 16.4 Å². The third-order valence-corrected chi connectivity index (χ3v) is 5.29. The average Bonchev–Trinajstić information content (AvgIpc) is 3.04. The van der Waals surface area contributed by atoms with Gasteiger partial charge in [0.25, 0.3) is 0 Å². The summed E-state index contributed by atoms with van der Waals surface area (Å²) < 4.78 is 23.7. The molecule has 130 valence electrons. The number of halogens is 1. The monoisotopic (exact) mass is 383 g/mol. The fourth-order valence-corrected chi connectivity index (χ4v) is 3.85. The van der Waals surface area contributed by atoms with Crippen LogP contribution in [0.15, 0.2) is 71.6 Å². The molecule has 7 heteroatoms. The van der Waals surface area contributed by atoms with Crippen LogP contribution in [-0.2, 0) is 10.0 Å². The van der Waals surface area contributed by atoms with Gasteiger partial charge in [-0.1, -0.05) is 48.0 Å². The molecule has 0 aliphatic rings. The van der Waals surface area contributed by atoms with Gasteiger partial charge in [-0.25, -0.2) is 18.5 Å². The molecule has 4 aromatic rings. The van der Waals surface area contributed by atoms with E-state index in [2.05, 4.69) is 9.97 Å². The van der Waals surface area contributed by atoms with E-state index in [-0.39, 0.29) is 4.90 Å². The highest BCUT2D eigenvalue weighted by Crippen LogP contribution is 2.30. The minimum Gasteiger partial charge on any atom is -0.338 e. The molecule has 3 N–H and O–H groups in total. The third kappa shape index (κ3) is 3.10. The fraction of sp³-hybridized carbons (Fsp3) is 0. The molecule has 1 aromatic heterocycles. The van der Waals surface area contributed by atoms with Gasteiger partial charge in [-0.2, -0.15) is 0 Å². The van der Waals surface area contributed by atoms with Crippen molar-refractivity contribution in [1.82, 2.24) is 9.97 Å². The molecule has 3 aromatic carbocycles. The van der Waals surface area contributed by atoms with Gasteiger partial charge < -0.3 is 4.98 Å². The number of H-pyrrole nitrogens is 1. The van der Waals surface area contributed by atoms with E-state index in [9.17, 15) is 8.42 Å². The standard InChI is InChI=1S/C19H14ClN3O2S/c20-14-5-3-4-13(10-14)19-22-16-9-8-12(11-17(16)23-19)15-6-1-2-7-18(15)26(21,24)25/h1-11H,(H,22,23)(H2,21,24,25). The van der Waals surface area contributed by atoms with E-state index in [1.165, 1.54) is 6.07 Å². The summed E-state index contributed by atoms with van der Waals surface area (Å²) in [5.74, 6) is 0.694. The van der Waals surface area contributed by atoms with Gasteiger partial charge in [-0.3, -0.25) is 0 Å². The van der Waals surface area contributed by atoms with Crippen LogP contribution in [0.3, 0.4) is 0 Å². The smallest absolute Gasteiger partial charge is 0.238 e. The second-order valence-electron chi connectivity index (χ2n) is 5.87. The predicted molar refractivity (Wildman–Crippen MR) is 103 cm³/mol. The van der Waals surface area contributed by atoms with Gasteiger partial charge in [0.15, 0.2) is 0 Å². The second kappa shape index (κ2) is 6.25. The molecule has 0 saturated heterocycles. The molecule has 26 heavy (non-hydrogen) atoms. The number of fused-ring (bicyclic) bond motifs is 1. The molecule has 0 bridgehead atoms. The van der Waals surface area contributed by atoms with Crippen LogP contribution >= 0.6 is 11.6 Å². The average molecular weight is 384 g/mol. The minimum absolute atomic E-state index is 0.0879. The summed E-state index contributed by atoms with van der Waals surface area (Å²) in [5.41, 5.74) is 3.72. The van der Waals surface area contributed by atoms with Crippen LogP contribution in [0.1, 0.15) is 0 Å². The maximum Gasteiger partial charge on any atom is 0.238 e. The third-order valence-electron chi connectivity index (χ3n) is 4.09. The van der Waals surface area contributed by atoms with Crippen molar-refractivity contribution in [3.63, 3.8) is 0 Å². The number of nitrogens with two attached hydrogens (primary N) is 1. The number of rotatable bonds is 3. The highest BCUT2D eigenvalue weighted by molar-refractivity contribution is 7.89. The zero-order chi connectivity index (χ0) is 18.3. The zero-order valence-corrected chi connectivity index (χ0v) is 15.1. The van der Waals surface area contributed by atoms with Crippen molar-refractivity contribution in [3.8, 4) is 22.5 Å². The molecular weight excluding hydrogens is 370 g/mol. The highest BCUT2D eigenvalue weighted by atomic mass is 35.5. The number of benzene rings is 3. The van der Waals surface area contributed by atoms with Crippen molar-refractivity contribution < 1.29 is 8.42 Å². The van der Waals surface area contributed by atoms with Crippen molar-refractivity contribution in [2.75, 3.05) is 0 Å². The van der Waals surface area contributed by atoms with E-state index in [0.717, 1.165) is 22.2 Å². The molecular formula is C19H14ClN3O2S. The van der Waals surface area contributed by atoms with Crippen molar-refractivity contribution in [3.05, 3.63) is 71.8 Å². The molecule has 5 nitrogen and oxygen atoms in total. The lowest BCUT2D eigenvalue weighted by atomic mass is 10.1. The Balaban J connectivity index is 1.85. The first-order chi connectivity index (χ1) is 12.4. The molecule has 0 amide bonds. The van der Waals surface area contributed by atoms with E-state index in [1.807, 2.05) is 36.4 Å². The van der Waals surface area contributed by atoms with Crippen molar-refractivity contribution in [2.24, 2.45) is 5.14 Å². The molecule has 0 unspecified atom stereocenters. The normalized spacial score (nSPS) is 11.8. The number of sulfonamides is 1. The lowest BCUT2D eigenvalue weighted by Crippen LogP contribution is -2.13. The van der Waals surface area contributed by atoms with E-state index >= 15 is 0 Å². The highest BCUT2D eigenvalue weighted by Gasteiger charge is 2.15. The number of primary sulfonamides is 1. The summed E-state index contributed by atoms with van der Waals surface area (Å²) in [7, 11) is -3.82. The summed E-state index contributed by atoms with van der Waals surface area (Å²) in [5, 5.41) is 5.97. The first-order valence-corrected chi connectivity index (χ1v) is 9.72. The summed E-state index contributed by atoms with van der Waals surface area (Å²) in [6.45, 7) is 0. The van der Waals surface area contributed by atoms with Crippen molar-refractivity contribution >= 4 is 32.7 Å². The van der Waals surface area contributed by atoms with Gasteiger partial charge in [-0.05, 0) is 35.9 Å². The second-order valence-corrected chi connectivity index (χ2v) is 7.84. The van der Waals surface area contributed by atoms with Crippen molar-refractivity contribution in [1.29, 1.82) is 0 Å². The molecule has 4 rings (SSSR count).